The summed E-state index contributed by atoms with van der Waals surface area (Å²) in [4.78, 5) is 4.53. The Hall–Kier alpha value is -1.32. The Labute approximate surface area is 116 Å². The van der Waals surface area contributed by atoms with Gasteiger partial charge in [-0.05, 0) is 35.8 Å². The Morgan fingerprint density at radius 2 is 2.11 bits per heavy atom. The quantitative estimate of drug-likeness (QED) is 0.829. The van der Waals surface area contributed by atoms with Crippen molar-refractivity contribution < 1.29 is 0 Å². The second-order valence-electron chi connectivity index (χ2n) is 4.38. The number of anilines is 1. The third kappa shape index (κ3) is 3.12. The summed E-state index contributed by atoms with van der Waals surface area (Å²) >= 11 is 7.73. The summed E-state index contributed by atoms with van der Waals surface area (Å²) in [5.74, 6) is 0.458. The first kappa shape index (κ1) is 13.1. The predicted octanol–water partition coefficient (Wildman–Crippen LogP) is 4.67. The van der Waals surface area contributed by atoms with E-state index in [4.69, 9.17) is 17.3 Å². The number of hydrogen-bond acceptors (Lipinski definition) is 3. The van der Waals surface area contributed by atoms with Gasteiger partial charge < -0.3 is 5.73 Å². The molecule has 0 atom stereocenters. The molecule has 18 heavy (non-hydrogen) atoms. The highest BCUT2D eigenvalue weighted by atomic mass is 35.5. The van der Waals surface area contributed by atoms with E-state index in [-0.39, 0.29) is 0 Å². The maximum atomic E-state index is 6.09. The maximum absolute atomic E-state index is 6.09. The van der Waals surface area contributed by atoms with Crippen LogP contribution in [0.3, 0.4) is 0 Å². The number of nitrogen functional groups attached to an aromatic ring is 1. The number of thiazole rings is 1. The molecule has 0 saturated carbocycles. The normalized spacial score (nSPS) is 11.6. The SMILES string of the molecule is CC(C)c1csc(/C=C/c2cc(N)ccc2Cl)n1. The lowest BCUT2D eigenvalue weighted by atomic mass is 10.2. The lowest BCUT2D eigenvalue weighted by molar-refractivity contribution is 0.832. The largest absolute Gasteiger partial charge is 0.399 e. The minimum absolute atomic E-state index is 0.458. The highest BCUT2D eigenvalue weighted by molar-refractivity contribution is 7.10. The van der Waals surface area contributed by atoms with Crippen molar-refractivity contribution in [3.05, 3.63) is 44.9 Å². The third-order valence-corrected chi connectivity index (χ3v) is 3.73. The van der Waals surface area contributed by atoms with E-state index >= 15 is 0 Å². The molecule has 0 aliphatic carbocycles. The van der Waals surface area contributed by atoms with Gasteiger partial charge in [-0.1, -0.05) is 31.5 Å². The molecule has 0 unspecified atom stereocenters. The standard InChI is InChI=1S/C14H15ClN2S/c1-9(2)13-8-18-14(17-13)6-3-10-7-11(16)4-5-12(10)15/h3-9H,16H2,1-2H3/b6-3+. The predicted molar refractivity (Wildman–Crippen MR) is 81.0 cm³/mol. The molecule has 0 saturated heterocycles. The van der Waals surface area contributed by atoms with Crippen LogP contribution in [-0.4, -0.2) is 4.98 Å². The zero-order valence-corrected chi connectivity index (χ0v) is 11.9. The van der Waals surface area contributed by atoms with Gasteiger partial charge >= 0.3 is 0 Å². The fourth-order valence-corrected chi connectivity index (χ4v) is 2.55. The van der Waals surface area contributed by atoms with Crippen molar-refractivity contribution in [1.82, 2.24) is 4.98 Å². The number of hydrogen-bond donors (Lipinski definition) is 1. The molecule has 0 amide bonds. The van der Waals surface area contributed by atoms with Gasteiger partial charge in [0.1, 0.15) is 5.01 Å². The zero-order valence-electron chi connectivity index (χ0n) is 10.4. The zero-order chi connectivity index (χ0) is 13.1. The van der Waals surface area contributed by atoms with Gasteiger partial charge in [-0.25, -0.2) is 4.98 Å². The van der Waals surface area contributed by atoms with Gasteiger partial charge in [0.2, 0.25) is 0 Å². The van der Waals surface area contributed by atoms with Gasteiger partial charge in [-0.15, -0.1) is 11.3 Å². The highest BCUT2D eigenvalue weighted by Crippen LogP contribution is 2.23. The summed E-state index contributed by atoms with van der Waals surface area (Å²) < 4.78 is 0. The second-order valence-corrected chi connectivity index (χ2v) is 5.68. The van der Waals surface area contributed by atoms with Crippen LogP contribution in [0.1, 0.15) is 36.0 Å². The van der Waals surface area contributed by atoms with Gasteiger partial charge in [-0.3, -0.25) is 0 Å². The van der Waals surface area contributed by atoms with Crippen molar-refractivity contribution in [2.24, 2.45) is 0 Å². The number of halogens is 1. The summed E-state index contributed by atoms with van der Waals surface area (Å²) in [6.07, 6.45) is 3.92. The molecule has 0 aliphatic heterocycles. The van der Waals surface area contributed by atoms with E-state index in [1.807, 2.05) is 18.2 Å². The van der Waals surface area contributed by atoms with Crippen molar-refractivity contribution in [2.75, 3.05) is 5.73 Å². The second kappa shape index (κ2) is 5.55. The molecule has 1 aromatic carbocycles. The minimum atomic E-state index is 0.458. The first-order valence-electron chi connectivity index (χ1n) is 5.75. The van der Waals surface area contributed by atoms with Crippen molar-refractivity contribution in [1.29, 1.82) is 0 Å². The van der Waals surface area contributed by atoms with Gasteiger partial charge in [0, 0.05) is 16.1 Å². The van der Waals surface area contributed by atoms with Crippen LogP contribution in [-0.2, 0) is 0 Å². The molecule has 4 heteroatoms. The van der Waals surface area contributed by atoms with Crippen molar-refractivity contribution in [3.63, 3.8) is 0 Å². The first-order chi connectivity index (χ1) is 8.56. The maximum Gasteiger partial charge on any atom is 0.116 e. The Balaban J connectivity index is 2.21. The Kier molecular flexibility index (Phi) is 4.04. The van der Waals surface area contributed by atoms with E-state index in [9.17, 15) is 0 Å². The van der Waals surface area contributed by atoms with Crippen LogP contribution in [0.15, 0.2) is 23.6 Å². The van der Waals surface area contributed by atoms with Crippen LogP contribution in [0.4, 0.5) is 5.69 Å². The van der Waals surface area contributed by atoms with Crippen LogP contribution in [0.5, 0.6) is 0 Å². The average Bonchev–Trinajstić information content (AvgIpc) is 2.79. The van der Waals surface area contributed by atoms with E-state index < -0.39 is 0 Å². The smallest absolute Gasteiger partial charge is 0.116 e. The van der Waals surface area contributed by atoms with Gasteiger partial charge in [0.25, 0.3) is 0 Å². The molecule has 2 nitrogen and oxygen atoms in total. The Morgan fingerprint density at radius 1 is 1.33 bits per heavy atom. The number of benzene rings is 1. The van der Waals surface area contributed by atoms with Crippen molar-refractivity contribution in [3.8, 4) is 0 Å². The lowest BCUT2D eigenvalue weighted by Gasteiger charge is -1.99. The summed E-state index contributed by atoms with van der Waals surface area (Å²) in [5, 5.41) is 3.77. The number of aromatic nitrogens is 1. The monoisotopic (exact) mass is 278 g/mol. The fraction of sp³-hybridized carbons (Fsp3) is 0.214. The molecule has 94 valence electrons. The summed E-state index contributed by atoms with van der Waals surface area (Å²) in [6.45, 7) is 4.27. The highest BCUT2D eigenvalue weighted by Gasteiger charge is 2.03. The molecule has 1 aromatic heterocycles. The van der Waals surface area contributed by atoms with E-state index in [0.717, 1.165) is 16.3 Å². The molecule has 2 rings (SSSR count). The van der Waals surface area contributed by atoms with Crippen LogP contribution in [0, 0.1) is 0 Å². The van der Waals surface area contributed by atoms with Crippen LogP contribution in [0.2, 0.25) is 5.02 Å². The summed E-state index contributed by atoms with van der Waals surface area (Å²) in [5.41, 5.74) is 8.48. The van der Waals surface area contributed by atoms with Crippen molar-refractivity contribution >= 4 is 40.8 Å². The van der Waals surface area contributed by atoms with Crippen LogP contribution in [0.25, 0.3) is 12.2 Å². The Bertz CT molecular complexity index is 573. The molecule has 0 radical (unpaired) electrons. The van der Waals surface area contributed by atoms with E-state index in [2.05, 4.69) is 24.2 Å². The lowest BCUT2D eigenvalue weighted by Crippen LogP contribution is -1.86. The Morgan fingerprint density at radius 3 is 2.78 bits per heavy atom. The molecule has 0 bridgehead atoms. The minimum Gasteiger partial charge on any atom is -0.399 e. The molecule has 2 N–H and O–H groups in total. The van der Waals surface area contributed by atoms with Crippen LogP contribution < -0.4 is 5.73 Å². The van der Waals surface area contributed by atoms with Crippen molar-refractivity contribution in [2.45, 2.75) is 19.8 Å². The van der Waals surface area contributed by atoms with E-state index in [1.54, 1.807) is 23.5 Å². The summed E-state index contributed by atoms with van der Waals surface area (Å²) in [6, 6.07) is 5.45. The molecule has 0 fully saturated rings. The molecular weight excluding hydrogens is 264 g/mol. The first-order valence-corrected chi connectivity index (χ1v) is 7.00. The third-order valence-electron chi connectivity index (χ3n) is 2.56. The number of nitrogens with zero attached hydrogens (tertiary/aromatic N) is 1. The molecular formula is C14H15ClN2S. The van der Waals surface area contributed by atoms with E-state index in [1.165, 1.54) is 0 Å². The topological polar surface area (TPSA) is 38.9 Å². The molecule has 0 aliphatic rings. The average molecular weight is 279 g/mol. The fourth-order valence-electron chi connectivity index (χ4n) is 1.49. The van der Waals surface area contributed by atoms with Gasteiger partial charge in [-0.2, -0.15) is 0 Å². The van der Waals surface area contributed by atoms with Gasteiger partial charge in [0.15, 0.2) is 0 Å². The molecule has 1 heterocycles. The van der Waals surface area contributed by atoms with Crippen LogP contribution >= 0.6 is 22.9 Å². The van der Waals surface area contributed by atoms with Gasteiger partial charge in [0.05, 0.1) is 5.69 Å². The van der Waals surface area contributed by atoms with E-state index in [0.29, 0.717) is 16.6 Å². The number of nitrogens with two attached hydrogens (primary N) is 1. The number of rotatable bonds is 3. The molecule has 0 spiro atoms. The molecule has 2 aromatic rings. The summed E-state index contributed by atoms with van der Waals surface area (Å²) in [7, 11) is 0.